The molecule has 0 amide bonds. The van der Waals surface area contributed by atoms with E-state index in [1.54, 1.807) is 0 Å². The predicted octanol–water partition coefficient (Wildman–Crippen LogP) is 7.70. The second-order valence-electron chi connectivity index (χ2n) is 9.82. The highest BCUT2D eigenvalue weighted by atomic mass is 16.5. The number of carboxylic acid groups (broad SMARTS) is 1. The van der Waals surface area contributed by atoms with Gasteiger partial charge in [0, 0.05) is 0 Å². The molecule has 0 heterocycles. The maximum Gasteiger partial charge on any atom is 0.310 e. The van der Waals surface area contributed by atoms with Crippen LogP contribution in [0.1, 0.15) is 124 Å². The van der Waals surface area contributed by atoms with Crippen molar-refractivity contribution >= 4 is 11.9 Å². The minimum Gasteiger partial charge on any atom is -0.481 e. The standard InChI is InChI=1S/C27H48O4/c1-4-23(31-27(30)25-21-17-16-20-24(25)26(28)29)19-15-13-11-9-7-5-6-8-10-12-14-18-22(2)3/h16-17,22-25H,4-15,18-21H2,1-3H3,(H,28,29). The van der Waals surface area contributed by atoms with E-state index >= 15 is 0 Å². The molecule has 0 bridgehead atoms. The van der Waals surface area contributed by atoms with E-state index in [9.17, 15) is 14.7 Å². The Bertz CT molecular complexity index is 511. The normalized spacial score (nSPS) is 19.5. The van der Waals surface area contributed by atoms with Gasteiger partial charge in [0.25, 0.3) is 0 Å². The third-order valence-corrected chi connectivity index (χ3v) is 6.60. The molecule has 0 fully saturated rings. The van der Waals surface area contributed by atoms with Crippen molar-refractivity contribution in [3.63, 3.8) is 0 Å². The lowest BCUT2D eigenvalue weighted by molar-refractivity contribution is -0.162. The minimum atomic E-state index is -0.898. The van der Waals surface area contributed by atoms with Crippen LogP contribution in [-0.4, -0.2) is 23.1 Å². The Morgan fingerprint density at radius 1 is 0.806 bits per heavy atom. The van der Waals surface area contributed by atoms with Crippen molar-refractivity contribution in [1.29, 1.82) is 0 Å². The lowest BCUT2D eigenvalue weighted by Crippen LogP contribution is -2.34. The van der Waals surface area contributed by atoms with Gasteiger partial charge in [-0.25, -0.2) is 0 Å². The molecule has 0 radical (unpaired) electrons. The first kappa shape index (κ1) is 27.7. The Balaban J connectivity index is 2.04. The van der Waals surface area contributed by atoms with Crippen LogP contribution >= 0.6 is 0 Å². The summed E-state index contributed by atoms with van der Waals surface area (Å²) >= 11 is 0. The van der Waals surface area contributed by atoms with E-state index in [0.29, 0.717) is 12.8 Å². The van der Waals surface area contributed by atoms with E-state index in [0.717, 1.165) is 25.2 Å². The Labute approximate surface area is 191 Å². The number of hydrogen-bond acceptors (Lipinski definition) is 3. The molecule has 1 aliphatic carbocycles. The zero-order chi connectivity index (χ0) is 22.9. The first-order valence-electron chi connectivity index (χ1n) is 13.0. The molecular formula is C27H48O4. The summed E-state index contributed by atoms with van der Waals surface area (Å²) < 4.78 is 5.70. The van der Waals surface area contributed by atoms with E-state index in [1.807, 2.05) is 19.1 Å². The van der Waals surface area contributed by atoms with Crippen LogP contribution in [0.25, 0.3) is 0 Å². The molecule has 0 saturated carbocycles. The maximum absolute atomic E-state index is 12.5. The van der Waals surface area contributed by atoms with Crippen molar-refractivity contribution in [1.82, 2.24) is 0 Å². The van der Waals surface area contributed by atoms with Crippen molar-refractivity contribution in [2.75, 3.05) is 0 Å². The molecule has 0 spiro atoms. The fraction of sp³-hybridized carbons (Fsp3) is 0.852. The van der Waals surface area contributed by atoms with Gasteiger partial charge in [-0.1, -0.05) is 104 Å². The molecule has 0 aliphatic heterocycles. The molecule has 3 atom stereocenters. The van der Waals surface area contributed by atoms with Crippen LogP contribution in [0.5, 0.6) is 0 Å². The van der Waals surface area contributed by atoms with E-state index in [1.165, 1.54) is 70.6 Å². The maximum atomic E-state index is 12.5. The van der Waals surface area contributed by atoms with E-state index in [4.69, 9.17) is 4.74 Å². The highest BCUT2D eigenvalue weighted by molar-refractivity contribution is 5.81. The van der Waals surface area contributed by atoms with Crippen LogP contribution in [0.15, 0.2) is 12.2 Å². The van der Waals surface area contributed by atoms with E-state index in [-0.39, 0.29) is 12.1 Å². The van der Waals surface area contributed by atoms with Crippen molar-refractivity contribution in [2.24, 2.45) is 17.8 Å². The Kier molecular flexibility index (Phi) is 15.4. The van der Waals surface area contributed by atoms with Crippen LogP contribution in [0.2, 0.25) is 0 Å². The summed E-state index contributed by atoms with van der Waals surface area (Å²) in [6.07, 6.45) is 22.1. The number of unbranched alkanes of at least 4 members (excludes halogenated alkanes) is 10. The fourth-order valence-corrected chi connectivity index (χ4v) is 4.46. The molecule has 3 unspecified atom stereocenters. The molecule has 180 valence electrons. The zero-order valence-corrected chi connectivity index (χ0v) is 20.4. The summed E-state index contributed by atoms with van der Waals surface area (Å²) in [4.78, 5) is 23.9. The van der Waals surface area contributed by atoms with E-state index in [2.05, 4.69) is 13.8 Å². The number of ether oxygens (including phenoxy) is 1. The molecule has 1 N–H and O–H groups in total. The molecule has 0 aromatic heterocycles. The van der Waals surface area contributed by atoms with Crippen LogP contribution in [0.4, 0.5) is 0 Å². The van der Waals surface area contributed by atoms with Gasteiger partial charge in [0.2, 0.25) is 0 Å². The molecule has 0 aromatic rings. The summed E-state index contributed by atoms with van der Waals surface area (Å²) in [5.74, 6) is -1.56. The lowest BCUT2D eigenvalue weighted by Gasteiger charge is -2.26. The highest BCUT2D eigenvalue weighted by Gasteiger charge is 2.35. The average molecular weight is 437 g/mol. The molecule has 4 heteroatoms. The summed E-state index contributed by atoms with van der Waals surface area (Å²) in [7, 11) is 0. The Morgan fingerprint density at radius 3 is 1.71 bits per heavy atom. The smallest absolute Gasteiger partial charge is 0.310 e. The first-order chi connectivity index (χ1) is 15.0. The molecule has 1 rings (SSSR count). The van der Waals surface area contributed by atoms with Crippen LogP contribution in [-0.2, 0) is 14.3 Å². The number of carbonyl (C=O) groups excluding carboxylic acids is 1. The number of carboxylic acids is 1. The predicted molar refractivity (Wildman–Crippen MR) is 128 cm³/mol. The highest BCUT2D eigenvalue weighted by Crippen LogP contribution is 2.28. The van der Waals surface area contributed by atoms with Gasteiger partial charge in [-0.3, -0.25) is 9.59 Å². The fourth-order valence-electron chi connectivity index (χ4n) is 4.46. The summed E-state index contributed by atoms with van der Waals surface area (Å²) in [6, 6.07) is 0. The second-order valence-corrected chi connectivity index (χ2v) is 9.82. The first-order valence-corrected chi connectivity index (χ1v) is 13.0. The molecule has 1 aliphatic rings. The quantitative estimate of drug-likeness (QED) is 0.136. The average Bonchev–Trinajstić information content (AvgIpc) is 2.75. The van der Waals surface area contributed by atoms with Gasteiger partial charge in [0.15, 0.2) is 0 Å². The molecule has 4 nitrogen and oxygen atoms in total. The topological polar surface area (TPSA) is 63.6 Å². The Hall–Kier alpha value is -1.32. The number of allylic oxidation sites excluding steroid dienone is 2. The van der Waals surface area contributed by atoms with Gasteiger partial charge in [0.1, 0.15) is 6.10 Å². The number of rotatable bonds is 18. The van der Waals surface area contributed by atoms with Crippen molar-refractivity contribution in [2.45, 2.75) is 130 Å². The number of carbonyl (C=O) groups is 2. The van der Waals surface area contributed by atoms with Gasteiger partial charge in [-0.05, 0) is 38.0 Å². The minimum absolute atomic E-state index is 0.0800. The molecule has 0 saturated heterocycles. The summed E-state index contributed by atoms with van der Waals surface area (Å²) in [5.41, 5.74) is 0. The summed E-state index contributed by atoms with van der Waals surface area (Å²) in [5, 5.41) is 9.35. The van der Waals surface area contributed by atoms with Crippen LogP contribution in [0, 0.1) is 17.8 Å². The largest absolute Gasteiger partial charge is 0.481 e. The SMILES string of the molecule is CCC(CCCCCCCCCCCCCC(C)C)OC(=O)C1CC=CCC1C(=O)O. The second kappa shape index (κ2) is 17.3. The van der Waals surface area contributed by atoms with Crippen molar-refractivity contribution in [3.8, 4) is 0 Å². The van der Waals surface area contributed by atoms with Gasteiger partial charge >= 0.3 is 11.9 Å². The monoisotopic (exact) mass is 436 g/mol. The van der Waals surface area contributed by atoms with Crippen molar-refractivity contribution in [3.05, 3.63) is 12.2 Å². The Morgan fingerprint density at radius 2 is 1.26 bits per heavy atom. The summed E-state index contributed by atoms with van der Waals surface area (Å²) in [6.45, 7) is 6.65. The third-order valence-electron chi connectivity index (χ3n) is 6.60. The van der Waals surface area contributed by atoms with Gasteiger partial charge in [-0.2, -0.15) is 0 Å². The number of hydrogen-bond donors (Lipinski definition) is 1. The molecule has 31 heavy (non-hydrogen) atoms. The van der Waals surface area contributed by atoms with Crippen LogP contribution < -0.4 is 0 Å². The van der Waals surface area contributed by atoms with Gasteiger partial charge in [-0.15, -0.1) is 0 Å². The van der Waals surface area contributed by atoms with Crippen LogP contribution in [0.3, 0.4) is 0 Å². The van der Waals surface area contributed by atoms with Crippen molar-refractivity contribution < 1.29 is 19.4 Å². The lowest BCUT2D eigenvalue weighted by atomic mass is 9.83. The number of esters is 1. The zero-order valence-electron chi connectivity index (χ0n) is 20.4. The van der Waals surface area contributed by atoms with Gasteiger partial charge in [0.05, 0.1) is 11.8 Å². The molecule has 0 aromatic carbocycles. The van der Waals surface area contributed by atoms with E-state index < -0.39 is 17.8 Å². The number of aliphatic carboxylic acids is 1. The molecular weight excluding hydrogens is 388 g/mol. The van der Waals surface area contributed by atoms with Gasteiger partial charge < -0.3 is 9.84 Å². The third kappa shape index (κ3) is 13.0.